The lowest BCUT2D eigenvalue weighted by molar-refractivity contribution is 0.303. The number of nitrogens with zero attached hydrogens (tertiary/aromatic N) is 4. The fourth-order valence-electron chi connectivity index (χ4n) is 3.49. The first-order valence-corrected chi connectivity index (χ1v) is 8.90. The summed E-state index contributed by atoms with van der Waals surface area (Å²) < 4.78 is 1.34. The van der Waals surface area contributed by atoms with Crippen LogP contribution in [-0.2, 0) is 0 Å². The van der Waals surface area contributed by atoms with E-state index in [1.54, 1.807) is 6.92 Å². The molecule has 1 aromatic carbocycles. The molecule has 0 amide bonds. The van der Waals surface area contributed by atoms with Crippen molar-refractivity contribution in [2.45, 2.75) is 52.0 Å². The number of nitriles is 1. The molecule has 1 aliphatic rings. The van der Waals surface area contributed by atoms with Crippen molar-refractivity contribution in [1.82, 2.24) is 4.57 Å². The molecule has 3 rings (SSSR count). The van der Waals surface area contributed by atoms with E-state index in [2.05, 4.69) is 10.2 Å². The quantitative estimate of drug-likeness (QED) is 0.793. The van der Waals surface area contributed by atoms with Crippen LogP contribution in [0.1, 0.15) is 54.8 Å². The molecule has 1 fully saturated rings. The fourth-order valence-corrected chi connectivity index (χ4v) is 3.49. The highest BCUT2D eigenvalue weighted by atomic mass is 16.3. The van der Waals surface area contributed by atoms with E-state index in [9.17, 15) is 15.2 Å². The Hall–Kier alpha value is -2.94. The standard InChI is InChI=1S/C20H22N4O2/c1-13-8-6-7-11-17(13)22-23-18-14(2)16(12-21)19(25)24(20(18)26)15-9-4-3-5-10-15/h6-8,11,15,25H,3-5,9-10H2,1-2H3. The predicted molar refractivity (Wildman–Crippen MR) is 99.3 cm³/mol. The third-order valence-corrected chi connectivity index (χ3v) is 5.03. The Morgan fingerprint density at radius 1 is 1.15 bits per heavy atom. The zero-order valence-electron chi connectivity index (χ0n) is 15.1. The average molecular weight is 350 g/mol. The summed E-state index contributed by atoms with van der Waals surface area (Å²) in [7, 11) is 0. The lowest BCUT2D eigenvalue weighted by Crippen LogP contribution is -2.27. The van der Waals surface area contributed by atoms with Gasteiger partial charge < -0.3 is 5.11 Å². The van der Waals surface area contributed by atoms with Gasteiger partial charge in [0.2, 0.25) is 5.88 Å². The number of rotatable bonds is 3. The maximum absolute atomic E-state index is 13.0. The summed E-state index contributed by atoms with van der Waals surface area (Å²) in [5, 5.41) is 28.4. The number of aryl methyl sites for hydroxylation is 1. The van der Waals surface area contributed by atoms with Crippen LogP contribution in [0, 0.1) is 25.2 Å². The molecule has 1 saturated carbocycles. The molecule has 2 aromatic rings. The van der Waals surface area contributed by atoms with Gasteiger partial charge in [0.1, 0.15) is 11.6 Å². The molecular weight excluding hydrogens is 328 g/mol. The van der Waals surface area contributed by atoms with Gasteiger partial charge in [0.15, 0.2) is 5.69 Å². The van der Waals surface area contributed by atoms with Gasteiger partial charge in [-0.25, -0.2) is 0 Å². The van der Waals surface area contributed by atoms with Crippen LogP contribution < -0.4 is 5.56 Å². The molecule has 1 heterocycles. The second-order valence-corrected chi connectivity index (χ2v) is 6.74. The largest absolute Gasteiger partial charge is 0.493 e. The lowest BCUT2D eigenvalue weighted by atomic mass is 9.94. The summed E-state index contributed by atoms with van der Waals surface area (Å²) >= 11 is 0. The smallest absolute Gasteiger partial charge is 0.281 e. The van der Waals surface area contributed by atoms with E-state index >= 15 is 0 Å². The van der Waals surface area contributed by atoms with Crippen LogP contribution >= 0.6 is 0 Å². The fraction of sp³-hybridized carbons (Fsp3) is 0.400. The third-order valence-electron chi connectivity index (χ3n) is 5.03. The molecule has 0 spiro atoms. The maximum Gasteiger partial charge on any atom is 0.281 e. The third kappa shape index (κ3) is 3.25. The van der Waals surface area contributed by atoms with E-state index in [4.69, 9.17) is 0 Å². The molecule has 0 bridgehead atoms. The van der Waals surface area contributed by atoms with Crippen molar-refractivity contribution in [3.05, 3.63) is 51.3 Å². The Bertz CT molecular complexity index is 948. The van der Waals surface area contributed by atoms with Crippen molar-refractivity contribution in [1.29, 1.82) is 5.26 Å². The minimum absolute atomic E-state index is 0.0916. The number of azo groups is 1. The normalized spacial score (nSPS) is 15.3. The van der Waals surface area contributed by atoms with E-state index in [-0.39, 0.29) is 28.7 Å². The monoisotopic (exact) mass is 350 g/mol. The topological polar surface area (TPSA) is 90.7 Å². The highest BCUT2D eigenvalue weighted by Crippen LogP contribution is 2.34. The van der Waals surface area contributed by atoms with E-state index in [0.29, 0.717) is 11.3 Å². The summed E-state index contributed by atoms with van der Waals surface area (Å²) in [6.45, 7) is 3.54. The average Bonchev–Trinajstić information content (AvgIpc) is 2.64. The van der Waals surface area contributed by atoms with E-state index < -0.39 is 0 Å². The maximum atomic E-state index is 13.0. The SMILES string of the molecule is Cc1ccccc1N=Nc1c(C)c(C#N)c(O)n(C2CCCCC2)c1=O. The van der Waals surface area contributed by atoms with Crippen LogP contribution in [0.4, 0.5) is 11.4 Å². The van der Waals surface area contributed by atoms with Gasteiger partial charge in [-0.2, -0.15) is 10.4 Å². The predicted octanol–water partition coefficient (Wildman–Crippen LogP) is 4.96. The van der Waals surface area contributed by atoms with Crippen molar-refractivity contribution >= 4 is 11.4 Å². The van der Waals surface area contributed by atoms with Crippen LogP contribution in [-0.4, -0.2) is 9.67 Å². The summed E-state index contributed by atoms with van der Waals surface area (Å²) in [6, 6.07) is 9.40. The molecule has 1 aromatic heterocycles. The zero-order valence-corrected chi connectivity index (χ0v) is 15.1. The summed E-state index contributed by atoms with van der Waals surface area (Å²) in [5.74, 6) is -0.253. The van der Waals surface area contributed by atoms with Crippen LogP contribution in [0.2, 0.25) is 0 Å². The highest BCUT2D eigenvalue weighted by molar-refractivity contribution is 5.57. The lowest BCUT2D eigenvalue weighted by Gasteiger charge is -2.25. The Labute approximate surface area is 152 Å². The number of aromatic nitrogens is 1. The first kappa shape index (κ1) is 17.9. The van der Waals surface area contributed by atoms with Gasteiger partial charge >= 0.3 is 0 Å². The molecule has 0 radical (unpaired) electrons. The molecule has 6 heteroatoms. The van der Waals surface area contributed by atoms with Crippen LogP contribution in [0.3, 0.4) is 0 Å². The second-order valence-electron chi connectivity index (χ2n) is 6.74. The van der Waals surface area contributed by atoms with Gasteiger partial charge in [0, 0.05) is 11.6 Å². The van der Waals surface area contributed by atoms with Crippen LogP contribution in [0.15, 0.2) is 39.3 Å². The number of hydrogen-bond donors (Lipinski definition) is 1. The summed E-state index contributed by atoms with van der Waals surface area (Å²) in [5.41, 5.74) is 1.80. The van der Waals surface area contributed by atoms with Crippen LogP contribution in [0.25, 0.3) is 0 Å². The van der Waals surface area contributed by atoms with Crippen LogP contribution in [0.5, 0.6) is 5.88 Å². The number of hydrogen-bond acceptors (Lipinski definition) is 5. The molecule has 26 heavy (non-hydrogen) atoms. The summed E-state index contributed by atoms with van der Waals surface area (Å²) in [4.78, 5) is 13.0. The van der Waals surface area contributed by atoms with Gasteiger partial charge in [0.25, 0.3) is 5.56 Å². The Balaban J connectivity index is 2.14. The van der Waals surface area contributed by atoms with Crippen molar-refractivity contribution in [2.24, 2.45) is 10.2 Å². The molecule has 134 valence electrons. The molecule has 6 nitrogen and oxygen atoms in total. The molecule has 0 atom stereocenters. The van der Waals surface area contributed by atoms with Gasteiger partial charge in [-0.05, 0) is 38.3 Å². The number of aromatic hydroxyl groups is 1. The zero-order chi connectivity index (χ0) is 18.7. The van der Waals surface area contributed by atoms with Crippen molar-refractivity contribution in [2.75, 3.05) is 0 Å². The first-order valence-electron chi connectivity index (χ1n) is 8.90. The second kappa shape index (κ2) is 7.52. The minimum atomic E-state index is -0.386. The Morgan fingerprint density at radius 3 is 2.50 bits per heavy atom. The van der Waals surface area contributed by atoms with Gasteiger partial charge in [-0.3, -0.25) is 9.36 Å². The Kier molecular flexibility index (Phi) is 5.17. The number of pyridine rings is 1. The molecule has 1 aliphatic carbocycles. The summed E-state index contributed by atoms with van der Waals surface area (Å²) in [6.07, 6.45) is 4.77. The molecule has 0 aliphatic heterocycles. The van der Waals surface area contributed by atoms with E-state index in [1.807, 2.05) is 37.3 Å². The van der Waals surface area contributed by atoms with Gasteiger partial charge in [0.05, 0.1) is 5.69 Å². The molecule has 0 saturated heterocycles. The molecular formula is C20H22N4O2. The highest BCUT2D eigenvalue weighted by Gasteiger charge is 2.25. The van der Waals surface area contributed by atoms with E-state index in [0.717, 1.165) is 37.7 Å². The van der Waals surface area contributed by atoms with Crippen molar-refractivity contribution in [3.8, 4) is 11.9 Å². The van der Waals surface area contributed by atoms with Gasteiger partial charge in [-0.1, -0.05) is 37.5 Å². The van der Waals surface area contributed by atoms with Gasteiger partial charge in [-0.15, -0.1) is 5.11 Å². The molecule has 0 unspecified atom stereocenters. The Morgan fingerprint density at radius 2 is 1.85 bits per heavy atom. The number of benzene rings is 1. The minimum Gasteiger partial charge on any atom is -0.493 e. The van der Waals surface area contributed by atoms with E-state index in [1.165, 1.54) is 4.57 Å². The van der Waals surface area contributed by atoms with Crippen molar-refractivity contribution in [3.63, 3.8) is 0 Å². The first-order chi connectivity index (χ1) is 12.5. The molecule has 1 N–H and O–H groups in total. The van der Waals surface area contributed by atoms with Crippen molar-refractivity contribution < 1.29 is 5.11 Å².